The van der Waals surface area contributed by atoms with Crippen molar-refractivity contribution in [3.8, 4) is 0 Å². The van der Waals surface area contributed by atoms with Crippen LogP contribution in [0.25, 0.3) is 0 Å². The average Bonchev–Trinajstić information content (AvgIpc) is 2.48. The van der Waals surface area contributed by atoms with Gasteiger partial charge in [-0.3, -0.25) is 4.79 Å². The molecule has 0 aromatic carbocycles. The van der Waals surface area contributed by atoms with Gasteiger partial charge in [0.15, 0.2) is 0 Å². The highest BCUT2D eigenvalue weighted by Crippen LogP contribution is 2.22. The van der Waals surface area contributed by atoms with Crippen molar-refractivity contribution in [1.29, 1.82) is 0 Å². The zero-order valence-electron chi connectivity index (χ0n) is 8.30. The summed E-state index contributed by atoms with van der Waals surface area (Å²) in [5.74, 6) is -0.824. The topological polar surface area (TPSA) is 32.3 Å². The van der Waals surface area contributed by atoms with E-state index in [1.165, 1.54) is 4.90 Å². The van der Waals surface area contributed by atoms with Crippen molar-refractivity contribution in [2.24, 2.45) is 0 Å². The summed E-state index contributed by atoms with van der Waals surface area (Å²) in [5, 5.41) is 2.94. The van der Waals surface area contributed by atoms with Crippen molar-refractivity contribution in [2.45, 2.75) is 25.1 Å². The SMILES string of the molecule is CNC1CCN(C(=O)CC(F)(F)F)C1.Cl. The lowest BCUT2D eigenvalue weighted by Gasteiger charge is -2.17. The fraction of sp³-hybridized carbons (Fsp3) is 0.875. The standard InChI is InChI=1S/C8H13F3N2O.ClH/c1-12-6-2-3-13(5-6)7(14)4-8(9,10)11;/h6,12H,2-5H2,1H3;1H. The molecule has 1 saturated heterocycles. The van der Waals surface area contributed by atoms with Crippen LogP contribution >= 0.6 is 12.4 Å². The number of halogens is 4. The van der Waals surface area contributed by atoms with Crippen LogP contribution in [0.1, 0.15) is 12.8 Å². The van der Waals surface area contributed by atoms with Gasteiger partial charge < -0.3 is 10.2 Å². The fourth-order valence-electron chi connectivity index (χ4n) is 1.51. The first kappa shape index (κ1) is 14.5. The maximum atomic E-state index is 11.9. The molecule has 0 aromatic heterocycles. The molecule has 1 rings (SSSR count). The van der Waals surface area contributed by atoms with Crippen molar-refractivity contribution < 1.29 is 18.0 Å². The number of likely N-dealkylation sites (tertiary alicyclic amines) is 1. The minimum atomic E-state index is -4.39. The Balaban J connectivity index is 0.00000196. The molecule has 1 atom stereocenters. The monoisotopic (exact) mass is 246 g/mol. The van der Waals surface area contributed by atoms with Crippen molar-refractivity contribution in [3.63, 3.8) is 0 Å². The van der Waals surface area contributed by atoms with E-state index in [0.717, 1.165) is 6.42 Å². The second-order valence-corrected chi connectivity index (χ2v) is 3.41. The number of amides is 1. The Morgan fingerprint density at radius 2 is 2.13 bits per heavy atom. The summed E-state index contributed by atoms with van der Waals surface area (Å²) in [4.78, 5) is 12.4. The van der Waals surface area contributed by atoms with E-state index in [1.54, 1.807) is 7.05 Å². The second kappa shape index (κ2) is 5.55. The third kappa shape index (κ3) is 4.70. The molecular weight excluding hydrogens is 233 g/mol. The largest absolute Gasteiger partial charge is 0.397 e. The zero-order chi connectivity index (χ0) is 10.8. The minimum absolute atomic E-state index is 0. The van der Waals surface area contributed by atoms with E-state index in [0.29, 0.717) is 13.1 Å². The van der Waals surface area contributed by atoms with Gasteiger partial charge in [0, 0.05) is 19.1 Å². The number of carbonyl (C=O) groups is 1. The molecule has 7 heteroatoms. The predicted molar refractivity (Wildman–Crippen MR) is 52.0 cm³/mol. The van der Waals surface area contributed by atoms with E-state index < -0.39 is 18.5 Å². The number of rotatable bonds is 2. The van der Waals surface area contributed by atoms with E-state index in [4.69, 9.17) is 0 Å². The number of nitrogens with zero attached hydrogens (tertiary/aromatic N) is 1. The van der Waals surface area contributed by atoms with Crippen LogP contribution in [-0.2, 0) is 4.79 Å². The Bertz CT molecular complexity index is 222. The third-order valence-electron chi connectivity index (χ3n) is 2.30. The van der Waals surface area contributed by atoms with Crippen LogP contribution in [0.15, 0.2) is 0 Å². The molecule has 1 amide bonds. The summed E-state index contributed by atoms with van der Waals surface area (Å²) in [6, 6.07) is 0.132. The molecule has 0 bridgehead atoms. The van der Waals surface area contributed by atoms with E-state index >= 15 is 0 Å². The van der Waals surface area contributed by atoms with Gasteiger partial charge >= 0.3 is 6.18 Å². The molecule has 1 aliphatic heterocycles. The van der Waals surface area contributed by atoms with E-state index in [-0.39, 0.29) is 18.4 Å². The summed E-state index contributed by atoms with van der Waals surface area (Å²) in [6.45, 7) is 0.797. The van der Waals surface area contributed by atoms with Crippen molar-refractivity contribution in [3.05, 3.63) is 0 Å². The molecule has 0 aromatic rings. The summed E-state index contributed by atoms with van der Waals surface area (Å²) < 4.78 is 35.6. The Morgan fingerprint density at radius 3 is 2.53 bits per heavy atom. The molecule has 0 aliphatic carbocycles. The molecule has 0 spiro atoms. The lowest BCUT2D eigenvalue weighted by Crippen LogP contribution is -2.35. The van der Waals surface area contributed by atoms with Crippen LogP contribution < -0.4 is 5.32 Å². The van der Waals surface area contributed by atoms with Crippen LogP contribution in [0.4, 0.5) is 13.2 Å². The molecule has 3 nitrogen and oxygen atoms in total. The Morgan fingerprint density at radius 1 is 1.53 bits per heavy atom. The van der Waals surface area contributed by atoms with Gasteiger partial charge in [0.25, 0.3) is 0 Å². The molecule has 1 fully saturated rings. The first-order valence-electron chi connectivity index (χ1n) is 4.44. The number of hydrogen-bond donors (Lipinski definition) is 1. The highest BCUT2D eigenvalue weighted by Gasteiger charge is 2.35. The molecular formula is C8H14ClF3N2O. The summed E-state index contributed by atoms with van der Waals surface area (Å²) in [5.41, 5.74) is 0. The van der Waals surface area contributed by atoms with Gasteiger partial charge in [-0.05, 0) is 13.5 Å². The first-order chi connectivity index (χ1) is 6.42. The van der Waals surface area contributed by atoms with Gasteiger partial charge in [0.2, 0.25) is 5.91 Å². The summed E-state index contributed by atoms with van der Waals surface area (Å²) >= 11 is 0. The normalized spacial score (nSPS) is 21.3. The number of nitrogens with one attached hydrogen (secondary N) is 1. The predicted octanol–water partition coefficient (Wildman–Crippen LogP) is 1.18. The van der Waals surface area contributed by atoms with E-state index in [2.05, 4.69) is 5.32 Å². The van der Waals surface area contributed by atoms with Crippen LogP contribution in [-0.4, -0.2) is 43.2 Å². The molecule has 15 heavy (non-hydrogen) atoms. The molecule has 0 radical (unpaired) electrons. The third-order valence-corrected chi connectivity index (χ3v) is 2.30. The van der Waals surface area contributed by atoms with Crippen LogP contribution in [0.2, 0.25) is 0 Å². The maximum Gasteiger partial charge on any atom is 0.397 e. The molecule has 1 N–H and O–H groups in total. The summed E-state index contributed by atoms with van der Waals surface area (Å²) in [6.07, 6.45) is -5.02. The maximum absolute atomic E-state index is 11.9. The van der Waals surface area contributed by atoms with Gasteiger partial charge in [-0.15, -0.1) is 12.4 Å². The first-order valence-corrected chi connectivity index (χ1v) is 4.44. The van der Waals surface area contributed by atoms with Crippen molar-refractivity contribution in [1.82, 2.24) is 10.2 Å². The average molecular weight is 247 g/mol. The molecule has 1 unspecified atom stereocenters. The smallest absolute Gasteiger partial charge is 0.341 e. The Kier molecular flexibility index (Phi) is 5.37. The van der Waals surface area contributed by atoms with Gasteiger partial charge in [-0.1, -0.05) is 0 Å². The molecule has 1 aliphatic rings. The molecule has 1 heterocycles. The van der Waals surface area contributed by atoms with Crippen molar-refractivity contribution >= 4 is 18.3 Å². The van der Waals surface area contributed by atoms with Crippen molar-refractivity contribution in [2.75, 3.05) is 20.1 Å². The van der Waals surface area contributed by atoms with Crippen LogP contribution in [0, 0.1) is 0 Å². The molecule has 90 valence electrons. The summed E-state index contributed by atoms with van der Waals surface area (Å²) in [7, 11) is 1.74. The lowest BCUT2D eigenvalue weighted by atomic mass is 10.3. The van der Waals surface area contributed by atoms with Gasteiger partial charge in [0.1, 0.15) is 6.42 Å². The minimum Gasteiger partial charge on any atom is -0.341 e. The number of hydrogen-bond acceptors (Lipinski definition) is 2. The van der Waals surface area contributed by atoms with Gasteiger partial charge in [-0.25, -0.2) is 0 Å². The number of carbonyl (C=O) groups excluding carboxylic acids is 1. The highest BCUT2D eigenvalue weighted by atomic mass is 35.5. The van der Waals surface area contributed by atoms with E-state index in [9.17, 15) is 18.0 Å². The Hall–Kier alpha value is -0.490. The quantitative estimate of drug-likeness (QED) is 0.794. The number of likely N-dealkylation sites (N-methyl/N-ethyl adjacent to an activating group) is 1. The van der Waals surface area contributed by atoms with Crippen LogP contribution in [0.3, 0.4) is 0 Å². The lowest BCUT2D eigenvalue weighted by molar-refractivity contribution is -0.160. The molecule has 0 saturated carbocycles. The number of alkyl halides is 3. The highest BCUT2D eigenvalue weighted by molar-refractivity contribution is 5.85. The fourth-order valence-corrected chi connectivity index (χ4v) is 1.51. The zero-order valence-corrected chi connectivity index (χ0v) is 9.12. The Labute approximate surface area is 92.4 Å². The second-order valence-electron chi connectivity index (χ2n) is 3.41. The van der Waals surface area contributed by atoms with Gasteiger partial charge in [-0.2, -0.15) is 13.2 Å². The van der Waals surface area contributed by atoms with Gasteiger partial charge in [0.05, 0.1) is 0 Å². The van der Waals surface area contributed by atoms with E-state index in [1.807, 2.05) is 0 Å². The van der Waals surface area contributed by atoms with Crippen LogP contribution in [0.5, 0.6) is 0 Å².